The van der Waals surface area contributed by atoms with E-state index in [2.05, 4.69) is 0 Å². The fourth-order valence-electron chi connectivity index (χ4n) is 2.51. The molecule has 0 amide bonds. The minimum absolute atomic E-state index is 0.00811. The fourth-order valence-corrected chi connectivity index (χ4v) is 2.51. The number of aliphatic hydroxyl groups is 1. The Hall–Kier alpha value is -1.42. The number of nitrogen functional groups attached to an aromatic ring is 1. The van der Waals surface area contributed by atoms with Crippen LogP contribution in [-0.4, -0.2) is 17.5 Å². The Morgan fingerprint density at radius 2 is 2.29 bits per heavy atom. The summed E-state index contributed by atoms with van der Waals surface area (Å²) in [6.07, 6.45) is 1.77. The Bertz CT molecular complexity index is 471. The van der Waals surface area contributed by atoms with Gasteiger partial charge in [0.25, 0.3) is 0 Å². The first-order valence-corrected chi connectivity index (χ1v) is 5.78. The quantitative estimate of drug-likeness (QED) is 0.771. The molecule has 92 valence electrons. The van der Waals surface area contributed by atoms with Gasteiger partial charge in [-0.15, -0.1) is 0 Å². The molecule has 0 heterocycles. The highest BCUT2D eigenvalue weighted by Gasteiger charge is 2.30. The van der Waals surface area contributed by atoms with E-state index in [0.717, 1.165) is 5.56 Å². The number of hydrogen-bond donors (Lipinski definition) is 2. The van der Waals surface area contributed by atoms with Crippen LogP contribution in [0.2, 0.25) is 0 Å². The van der Waals surface area contributed by atoms with Crippen molar-refractivity contribution in [3.63, 3.8) is 0 Å². The molecule has 0 saturated carbocycles. The van der Waals surface area contributed by atoms with Gasteiger partial charge in [-0.3, -0.25) is 4.79 Å². The molecule has 0 aliphatic heterocycles. The maximum atomic E-state index is 13.5. The Morgan fingerprint density at radius 1 is 1.59 bits per heavy atom. The highest BCUT2D eigenvalue weighted by Crippen LogP contribution is 2.34. The second-order valence-corrected chi connectivity index (χ2v) is 4.54. The van der Waals surface area contributed by atoms with Gasteiger partial charge < -0.3 is 10.8 Å². The number of Topliss-reactive ketones (excluding diaryl/α,β-unsaturated/α-hetero) is 1. The van der Waals surface area contributed by atoms with Crippen molar-refractivity contribution < 1.29 is 14.3 Å². The summed E-state index contributed by atoms with van der Waals surface area (Å²) in [5.41, 5.74) is 7.68. The summed E-state index contributed by atoms with van der Waals surface area (Å²) < 4.78 is 13.5. The van der Waals surface area contributed by atoms with Gasteiger partial charge in [0.2, 0.25) is 0 Å². The minimum Gasteiger partial charge on any atom is -0.398 e. The summed E-state index contributed by atoms with van der Waals surface area (Å²) in [7, 11) is 0. The number of nitrogens with two attached hydrogens (primary N) is 1. The molecule has 1 aliphatic carbocycles. The number of benzene rings is 1. The molecule has 0 aromatic heterocycles. The SMILES string of the molecule is Cc1c(F)cc(N)c2c1CCC(CCO)C2=O. The molecule has 0 fully saturated rings. The summed E-state index contributed by atoms with van der Waals surface area (Å²) in [6.45, 7) is 1.67. The fraction of sp³-hybridized carbons (Fsp3) is 0.462. The van der Waals surface area contributed by atoms with Gasteiger partial charge in [-0.2, -0.15) is 0 Å². The van der Waals surface area contributed by atoms with Crippen LogP contribution >= 0.6 is 0 Å². The van der Waals surface area contributed by atoms with Crippen LogP contribution in [0.15, 0.2) is 6.07 Å². The number of carbonyl (C=O) groups excluding carboxylic acids is 1. The maximum absolute atomic E-state index is 13.5. The van der Waals surface area contributed by atoms with Gasteiger partial charge in [0.05, 0.1) is 0 Å². The molecule has 1 aromatic rings. The van der Waals surface area contributed by atoms with E-state index in [4.69, 9.17) is 10.8 Å². The van der Waals surface area contributed by atoms with E-state index in [1.165, 1.54) is 6.07 Å². The average Bonchev–Trinajstić information content (AvgIpc) is 2.29. The Balaban J connectivity index is 2.50. The van der Waals surface area contributed by atoms with Crippen molar-refractivity contribution in [1.82, 2.24) is 0 Å². The Labute approximate surface area is 99.4 Å². The predicted octanol–water partition coefficient (Wildman–Crippen LogP) is 1.84. The van der Waals surface area contributed by atoms with Crippen LogP contribution in [0.1, 0.15) is 34.3 Å². The first-order chi connectivity index (χ1) is 8.06. The van der Waals surface area contributed by atoms with Crippen LogP contribution in [0.5, 0.6) is 0 Å². The summed E-state index contributed by atoms with van der Waals surface area (Å²) >= 11 is 0. The molecular weight excluding hydrogens is 221 g/mol. The van der Waals surface area contributed by atoms with E-state index >= 15 is 0 Å². The van der Waals surface area contributed by atoms with Crippen LogP contribution < -0.4 is 5.73 Å². The summed E-state index contributed by atoms with van der Waals surface area (Å²) in [6, 6.07) is 1.22. The van der Waals surface area contributed by atoms with Crippen molar-refractivity contribution in [2.75, 3.05) is 12.3 Å². The predicted molar refractivity (Wildman–Crippen MR) is 63.4 cm³/mol. The maximum Gasteiger partial charge on any atom is 0.168 e. The molecule has 1 atom stereocenters. The number of halogens is 1. The molecule has 4 heteroatoms. The molecule has 1 aliphatic rings. The van der Waals surface area contributed by atoms with E-state index < -0.39 is 0 Å². The zero-order valence-electron chi connectivity index (χ0n) is 9.79. The molecule has 0 radical (unpaired) electrons. The van der Waals surface area contributed by atoms with Crippen LogP contribution in [0, 0.1) is 18.7 Å². The normalized spacial score (nSPS) is 19.2. The zero-order chi connectivity index (χ0) is 12.6. The van der Waals surface area contributed by atoms with Crippen LogP contribution in [0.25, 0.3) is 0 Å². The Morgan fingerprint density at radius 3 is 2.94 bits per heavy atom. The molecule has 1 unspecified atom stereocenters. The monoisotopic (exact) mass is 237 g/mol. The number of fused-ring (bicyclic) bond motifs is 1. The first kappa shape index (κ1) is 12.0. The zero-order valence-corrected chi connectivity index (χ0v) is 9.79. The summed E-state index contributed by atoms with van der Waals surface area (Å²) in [5.74, 6) is -0.588. The molecule has 2 rings (SSSR count). The molecule has 0 spiro atoms. The molecule has 3 nitrogen and oxygen atoms in total. The number of aliphatic hydroxyl groups excluding tert-OH is 1. The first-order valence-electron chi connectivity index (χ1n) is 5.78. The lowest BCUT2D eigenvalue weighted by molar-refractivity contribution is 0.0876. The topological polar surface area (TPSA) is 63.3 Å². The van der Waals surface area contributed by atoms with E-state index in [1.807, 2.05) is 0 Å². The lowest BCUT2D eigenvalue weighted by Crippen LogP contribution is -2.26. The van der Waals surface area contributed by atoms with Gasteiger partial charge in [-0.25, -0.2) is 4.39 Å². The summed E-state index contributed by atoms with van der Waals surface area (Å²) in [5, 5.41) is 8.91. The van der Waals surface area contributed by atoms with Gasteiger partial charge in [0.1, 0.15) is 5.82 Å². The standard InChI is InChI=1S/C13H16FNO2/c1-7-9-3-2-8(4-5-16)13(17)12(9)11(15)6-10(7)14/h6,8,16H,2-5,15H2,1H3. The third kappa shape index (κ3) is 1.93. The number of carbonyl (C=O) groups is 1. The van der Waals surface area contributed by atoms with Crippen molar-refractivity contribution in [3.05, 3.63) is 28.6 Å². The highest BCUT2D eigenvalue weighted by atomic mass is 19.1. The van der Waals surface area contributed by atoms with E-state index in [-0.39, 0.29) is 29.8 Å². The van der Waals surface area contributed by atoms with Crippen LogP contribution in [-0.2, 0) is 6.42 Å². The highest BCUT2D eigenvalue weighted by molar-refractivity contribution is 6.04. The minimum atomic E-state index is -0.352. The van der Waals surface area contributed by atoms with Gasteiger partial charge in [-0.1, -0.05) is 0 Å². The van der Waals surface area contributed by atoms with Crippen molar-refractivity contribution >= 4 is 11.5 Å². The lowest BCUT2D eigenvalue weighted by atomic mass is 9.79. The van der Waals surface area contributed by atoms with Crippen LogP contribution in [0.4, 0.5) is 10.1 Å². The average molecular weight is 237 g/mol. The number of anilines is 1. The van der Waals surface area contributed by atoms with Crippen molar-refractivity contribution in [2.24, 2.45) is 5.92 Å². The molecule has 1 aromatic carbocycles. The smallest absolute Gasteiger partial charge is 0.168 e. The van der Waals surface area contributed by atoms with E-state index in [0.29, 0.717) is 30.4 Å². The van der Waals surface area contributed by atoms with E-state index in [9.17, 15) is 9.18 Å². The second kappa shape index (κ2) is 4.45. The molecule has 17 heavy (non-hydrogen) atoms. The summed E-state index contributed by atoms with van der Waals surface area (Å²) in [4.78, 5) is 12.2. The van der Waals surface area contributed by atoms with E-state index in [1.54, 1.807) is 6.92 Å². The van der Waals surface area contributed by atoms with Crippen LogP contribution in [0.3, 0.4) is 0 Å². The second-order valence-electron chi connectivity index (χ2n) is 4.54. The van der Waals surface area contributed by atoms with Crippen molar-refractivity contribution in [1.29, 1.82) is 0 Å². The van der Waals surface area contributed by atoms with Crippen molar-refractivity contribution in [2.45, 2.75) is 26.2 Å². The molecule has 0 bridgehead atoms. The third-order valence-electron chi connectivity index (χ3n) is 3.52. The largest absolute Gasteiger partial charge is 0.398 e. The third-order valence-corrected chi connectivity index (χ3v) is 3.52. The molecular formula is C13H16FNO2. The number of ketones is 1. The molecule has 3 N–H and O–H groups in total. The molecule has 0 saturated heterocycles. The van der Waals surface area contributed by atoms with Gasteiger partial charge >= 0.3 is 0 Å². The van der Waals surface area contributed by atoms with Crippen molar-refractivity contribution in [3.8, 4) is 0 Å². The number of rotatable bonds is 2. The van der Waals surface area contributed by atoms with Gasteiger partial charge in [0, 0.05) is 23.8 Å². The van der Waals surface area contributed by atoms with Gasteiger partial charge in [0.15, 0.2) is 5.78 Å². The number of hydrogen-bond acceptors (Lipinski definition) is 3. The van der Waals surface area contributed by atoms with Gasteiger partial charge in [-0.05, 0) is 43.4 Å². The Kier molecular flexibility index (Phi) is 3.15. The lowest BCUT2D eigenvalue weighted by Gasteiger charge is -2.25.